The highest BCUT2D eigenvalue weighted by molar-refractivity contribution is 5.85. The molecule has 3 N–H and O–H groups in total. The van der Waals surface area contributed by atoms with Crippen LogP contribution in [0.4, 0.5) is 5.69 Å². The third kappa shape index (κ3) is 5.96. The van der Waals surface area contributed by atoms with Crippen molar-refractivity contribution in [2.24, 2.45) is 5.73 Å². The fourth-order valence-corrected chi connectivity index (χ4v) is 1.50. The zero-order chi connectivity index (χ0) is 14.3. The second-order valence-electron chi connectivity index (χ2n) is 4.03. The number of hydrogen-bond donors (Lipinski definition) is 2. The predicted molar refractivity (Wildman–Crippen MR) is 76.9 cm³/mol. The molecule has 0 aliphatic carbocycles. The first-order valence-corrected chi connectivity index (χ1v) is 5.80. The summed E-state index contributed by atoms with van der Waals surface area (Å²) in [5.74, 6) is -0.274. The molecule has 1 rings (SSSR count). The zero-order valence-electron chi connectivity index (χ0n) is 11.1. The number of hydrogen-bond acceptors (Lipinski definition) is 5. The van der Waals surface area contributed by atoms with Crippen molar-refractivity contribution in [3.63, 3.8) is 0 Å². The average Bonchev–Trinajstić information content (AvgIpc) is 2.39. The van der Waals surface area contributed by atoms with Crippen LogP contribution in [0.5, 0.6) is 0 Å². The Morgan fingerprint density at radius 1 is 1.45 bits per heavy atom. The predicted octanol–water partition coefficient (Wildman–Crippen LogP) is 0.649. The van der Waals surface area contributed by atoms with Crippen LogP contribution in [0.15, 0.2) is 24.3 Å². The van der Waals surface area contributed by atoms with Crippen LogP contribution in [0.25, 0.3) is 0 Å². The maximum absolute atomic E-state index is 11.5. The number of non-ortho nitro benzene ring substituents is 1. The van der Waals surface area contributed by atoms with Crippen LogP contribution in [0.2, 0.25) is 0 Å². The topological polar surface area (TPSA) is 107 Å². The molecule has 0 radical (unpaired) electrons. The normalized spacial score (nSPS) is 11.3. The van der Waals surface area contributed by atoms with Crippen molar-refractivity contribution in [2.45, 2.75) is 12.5 Å². The maximum atomic E-state index is 11.5. The number of nitro benzene ring substituents is 1. The summed E-state index contributed by atoms with van der Waals surface area (Å²) in [6.07, 6.45) is 0.587. The lowest BCUT2D eigenvalue weighted by Gasteiger charge is -2.11. The van der Waals surface area contributed by atoms with Gasteiger partial charge < -0.3 is 15.8 Å². The molecule has 0 aliphatic rings. The van der Waals surface area contributed by atoms with E-state index in [1.165, 1.54) is 19.2 Å². The Balaban J connectivity index is 0.00000361. The van der Waals surface area contributed by atoms with Crippen molar-refractivity contribution in [3.8, 4) is 0 Å². The van der Waals surface area contributed by atoms with E-state index < -0.39 is 11.0 Å². The number of nitro groups is 1. The van der Waals surface area contributed by atoms with Gasteiger partial charge in [-0.1, -0.05) is 12.1 Å². The molecule has 0 bridgehead atoms. The van der Waals surface area contributed by atoms with Crippen LogP contribution in [0.3, 0.4) is 0 Å². The second-order valence-corrected chi connectivity index (χ2v) is 4.03. The summed E-state index contributed by atoms with van der Waals surface area (Å²) in [5, 5.41) is 13.2. The van der Waals surface area contributed by atoms with E-state index in [-0.39, 0.29) is 30.6 Å². The average molecular weight is 304 g/mol. The van der Waals surface area contributed by atoms with Crippen LogP contribution in [0.1, 0.15) is 5.56 Å². The van der Waals surface area contributed by atoms with Crippen LogP contribution < -0.4 is 11.1 Å². The molecule has 1 atom stereocenters. The molecule has 8 heteroatoms. The van der Waals surface area contributed by atoms with E-state index in [0.29, 0.717) is 13.0 Å². The molecular formula is C12H18ClN3O4. The Morgan fingerprint density at radius 2 is 2.05 bits per heavy atom. The van der Waals surface area contributed by atoms with E-state index in [9.17, 15) is 14.9 Å². The molecule has 0 spiro atoms. The van der Waals surface area contributed by atoms with Gasteiger partial charge in [-0.15, -0.1) is 12.4 Å². The molecule has 0 saturated carbocycles. The molecule has 1 amide bonds. The summed E-state index contributed by atoms with van der Waals surface area (Å²) < 4.78 is 4.78. The van der Waals surface area contributed by atoms with E-state index in [1.54, 1.807) is 12.1 Å². The van der Waals surface area contributed by atoms with Gasteiger partial charge >= 0.3 is 0 Å². The van der Waals surface area contributed by atoms with Gasteiger partial charge in [0.15, 0.2) is 0 Å². The first-order chi connectivity index (χ1) is 9.04. The molecule has 112 valence electrons. The Kier molecular flexibility index (Phi) is 8.46. The number of nitrogens with two attached hydrogens (primary N) is 1. The molecule has 0 aliphatic heterocycles. The third-order valence-corrected chi connectivity index (χ3v) is 2.54. The van der Waals surface area contributed by atoms with Gasteiger partial charge in [0, 0.05) is 25.8 Å². The summed E-state index contributed by atoms with van der Waals surface area (Å²) in [5.41, 5.74) is 6.51. The van der Waals surface area contributed by atoms with E-state index in [1.807, 2.05) is 0 Å². The minimum Gasteiger partial charge on any atom is -0.383 e. The lowest BCUT2D eigenvalue weighted by atomic mass is 10.1. The molecule has 7 nitrogen and oxygen atoms in total. The van der Waals surface area contributed by atoms with Gasteiger partial charge in [-0.2, -0.15) is 0 Å². The van der Waals surface area contributed by atoms with Gasteiger partial charge in [0.05, 0.1) is 11.5 Å². The first kappa shape index (κ1) is 18.3. The van der Waals surface area contributed by atoms with Gasteiger partial charge in [-0.3, -0.25) is 14.9 Å². The summed E-state index contributed by atoms with van der Waals surface area (Å²) in [6, 6.07) is 5.53. The van der Waals surface area contributed by atoms with Crippen molar-refractivity contribution in [1.82, 2.24) is 5.32 Å². The standard InChI is InChI=1S/C12H17N3O4.ClH/c1-19-8-11(13)12(16)14-7-6-9-2-4-10(5-3-9)15(17)18;/h2-5,11H,6-8,13H2,1H3,(H,14,16);1H. The molecule has 20 heavy (non-hydrogen) atoms. The number of carbonyl (C=O) groups is 1. The van der Waals surface area contributed by atoms with E-state index in [0.717, 1.165) is 5.56 Å². The number of nitrogens with zero attached hydrogens (tertiary/aromatic N) is 1. The number of rotatable bonds is 7. The summed E-state index contributed by atoms with van der Waals surface area (Å²) >= 11 is 0. The number of benzene rings is 1. The number of carbonyl (C=O) groups excluding carboxylic acids is 1. The van der Waals surface area contributed by atoms with Gasteiger partial charge in [0.25, 0.3) is 5.69 Å². The SMILES string of the molecule is COCC(N)C(=O)NCCc1ccc([N+](=O)[O-])cc1.Cl. The monoisotopic (exact) mass is 303 g/mol. The second kappa shape index (κ2) is 9.24. The van der Waals surface area contributed by atoms with Gasteiger partial charge in [-0.25, -0.2) is 0 Å². The van der Waals surface area contributed by atoms with Crippen LogP contribution in [0, 0.1) is 10.1 Å². The lowest BCUT2D eigenvalue weighted by Crippen LogP contribution is -2.44. The highest BCUT2D eigenvalue weighted by Crippen LogP contribution is 2.11. The highest BCUT2D eigenvalue weighted by Gasteiger charge is 2.12. The largest absolute Gasteiger partial charge is 0.383 e. The molecule has 0 heterocycles. The third-order valence-electron chi connectivity index (χ3n) is 2.54. The van der Waals surface area contributed by atoms with Crippen LogP contribution >= 0.6 is 12.4 Å². The van der Waals surface area contributed by atoms with Gasteiger partial charge in [0.1, 0.15) is 6.04 Å². The fourth-order valence-electron chi connectivity index (χ4n) is 1.50. The molecule has 1 unspecified atom stereocenters. The van der Waals surface area contributed by atoms with Gasteiger partial charge in [0.2, 0.25) is 5.91 Å². The zero-order valence-corrected chi connectivity index (χ0v) is 11.9. The summed E-state index contributed by atoms with van der Waals surface area (Å²) in [7, 11) is 1.48. The quantitative estimate of drug-likeness (QED) is 0.568. The van der Waals surface area contributed by atoms with Crippen LogP contribution in [-0.2, 0) is 16.0 Å². The molecule has 1 aromatic carbocycles. The smallest absolute Gasteiger partial charge is 0.269 e. The molecule has 0 aromatic heterocycles. The Hall–Kier alpha value is -1.70. The molecule has 1 aromatic rings. The van der Waals surface area contributed by atoms with E-state index in [4.69, 9.17) is 10.5 Å². The number of halogens is 1. The number of nitrogens with one attached hydrogen (secondary N) is 1. The molecular weight excluding hydrogens is 286 g/mol. The molecule has 0 saturated heterocycles. The minimum absolute atomic E-state index is 0. The maximum Gasteiger partial charge on any atom is 0.269 e. The van der Waals surface area contributed by atoms with Crippen molar-refractivity contribution in [1.29, 1.82) is 0 Å². The lowest BCUT2D eigenvalue weighted by molar-refractivity contribution is -0.384. The summed E-state index contributed by atoms with van der Waals surface area (Å²) in [6.45, 7) is 0.595. The van der Waals surface area contributed by atoms with Crippen molar-refractivity contribution >= 4 is 24.0 Å². The van der Waals surface area contributed by atoms with Crippen molar-refractivity contribution < 1.29 is 14.5 Å². The van der Waals surface area contributed by atoms with Crippen LogP contribution in [-0.4, -0.2) is 37.1 Å². The Labute approximate surface area is 123 Å². The number of ether oxygens (including phenoxy) is 1. The summed E-state index contributed by atoms with van der Waals surface area (Å²) in [4.78, 5) is 21.5. The first-order valence-electron chi connectivity index (χ1n) is 5.80. The van der Waals surface area contributed by atoms with E-state index >= 15 is 0 Å². The fraction of sp³-hybridized carbons (Fsp3) is 0.417. The number of methoxy groups -OCH3 is 1. The minimum atomic E-state index is -0.679. The van der Waals surface area contributed by atoms with Crippen molar-refractivity contribution in [3.05, 3.63) is 39.9 Å². The van der Waals surface area contributed by atoms with Crippen molar-refractivity contribution in [2.75, 3.05) is 20.3 Å². The van der Waals surface area contributed by atoms with E-state index in [2.05, 4.69) is 5.32 Å². The number of amides is 1. The Bertz CT molecular complexity index is 439. The molecule has 0 fully saturated rings. The Morgan fingerprint density at radius 3 is 2.55 bits per heavy atom. The highest BCUT2D eigenvalue weighted by atomic mass is 35.5. The van der Waals surface area contributed by atoms with Gasteiger partial charge in [-0.05, 0) is 12.0 Å².